The van der Waals surface area contributed by atoms with Gasteiger partial charge in [0.15, 0.2) is 5.78 Å². The number of nitrogens with zero attached hydrogens (tertiary/aromatic N) is 3. The molecule has 0 spiro atoms. The summed E-state index contributed by atoms with van der Waals surface area (Å²) in [5, 5.41) is 5.22. The van der Waals surface area contributed by atoms with E-state index in [1.54, 1.807) is 25.1 Å². The van der Waals surface area contributed by atoms with E-state index in [1.165, 1.54) is 28.8 Å². The Hall–Kier alpha value is -2.26. The van der Waals surface area contributed by atoms with Gasteiger partial charge in [0.25, 0.3) is 10.0 Å². The van der Waals surface area contributed by atoms with Crippen LogP contribution in [0.4, 0.5) is 5.69 Å². The highest BCUT2D eigenvalue weighted by Crippen LogP contribution is 2.27. The number of carbonyl (C=O) groups is 1. The second kappa shape index (κ2) is 6.23. The van der Waals surface area contributed by atoms with Gasteiger partial charge in [0.1, 0.15) is 5.01 Å². The molecule has 0 radical (unpaired) electrons. The summed E-state index contributed by atoms with van der Waals surface area (Å²) in [6, 6.07) is 6.37. The van der Waals surface area contributed by atoms with Gasteiger partial charge in [0.05, 0.1) is 5.69 Å². The monoisotopic (exact) mass is 378 g/mol. The topological polar surface area (TPSA) is 93.4 Å². The van der Waals surface area contributed by atoms with Crippen molar-refractivity contribution in [1.29, 1.82) is 0 Å². The lowest BCUT2D eigenvalue weighted by atomic mass is 10.1. The van der Waals surface area contributed by atoms with E-state index in [0.29, 0.717) is 21.9 Å². The third kappa shape index (κ3) is 3.29. The molecule has 0 bridgehead atoms. The van der Waals surface area contributed by atoms with Crippen LogP contribution in [-0.4, -0.2) is 28.8 Å². The quantitative estimate of drug-likeness (QED) is 0.688. The average molecular weight is 378 g/mol. The van der Waals surface area contributed by atoms with Crippen molar-refractivity contribution in [3.8, 4) is 0 Å². The van der Waals surface area contributed by atoms with Crippen molar-refractivity contribution >= 4 is 37.8 Å². The van der Waals surface area contributed by atoms with Gasteiger partial charge in [0.2, 0.25) is 9.99 Å². The Balaban J connectivity index is 2.05. The third-order valence-corrected chi connectivity index (χ3v) is 6.30. The number of Topliss-reactive ketones (excluding diaryl/α,β-unsaturated/α-hetero) is 1. The van der Waals surface area contributed by atoms with Crippen LogP contribution in [0.2, 0.25) is 0 Å². The number of hydrogen-bond acceptors (Lipinski definition) is 6. The van der Waals surface area contributed by atoms with Gasteiger partial charge in [-0.3, -0.25) is 9.52 Å². The molecule has 9 heteroatoms. The number of nitrogens with one attached hydrogen (secondary N) is 1. The molecule has 2 heterocycles. The molecule has 2 aromatic heterocycles. The highest BCUT2D eigenvalue weighted by molar-refractivity contribution is 7.92. The molecule has 0 aliphatic rings. The average Bonchev–Trinajstić information content (AvgIpc) is 3.03. The molecule has 25 heavy (non-hydrogen) atoms. The van der Waals surface area contributed by atoms with Crippen molar-refractivity contribution in [3.05, 3.63) is 40.5 Å². The summed E-state index contributed by atoms with van der Waals surface area (Å²) in [4.78, 5) is 16.3. The molecule has 1 N–H and O–H groups in total. The maximum Gasteiger partial charge on any atom is 0.281 e. The Labute approximate surface area is 149 Å². The lowest BCUT2D eigenvalue weighted by molar-refractivity contribution is 0.101. The molecule has 0 unspecified atom stereocenters. The zero-order valence-corrected chi connectivity index (χ0v) is 15.9. The van der Waals surface area contributed by atoms with E-state index < -0.39 is 10.0 Å². The molecule has 3 rings (SSSR count). The van der Waals surface area contributed by atoms with Gasteiger partial charge in [-0.15, -0.1) is 0 Å². The van der Waals surface area contributed by atoms with E-state index in [2.05, 4.69) is 14.8 Å². The van der Waals surface area contributed by atoms with Crippen molar-refractivity contribution < 1.29 is 13.2 Å². The molecule has 0 amide bonds. The first-order valence-corrected chi connectivity index (χ1v) is 9.99. The number of imidazole rings is 1. The molecule has 1 aromatic carbocycles. The summed E-state index contributed by atoms with van der Waals surface area (Å²) >= 11 is 1.37. The summed E-state index contributed by atoms with van der Waals surface area (Å²) < 4.78 is 29.6. The SMILES string of the molecule is CC(=O)c1cccc(NS(=O)(=O)c2c(C)nc3sc(C(C)C)nn23)c1. The van der Waals surface area contributed by atoms with Gasteiger partial charge in [0, 0.05) is 17.2 Å². The predicted molar refractivity (Wildman–Crippen MR) is 96.9 cm³/mol. The minimum atomic E-state index is -3.90. The van der Waals surface area contributed by atoms with Gasteiger partial charge in [-0.1, -0.05) is 37.3 Å². The minimum absolute atomic E-state index is 0.0129. The molecule has 0 saturated carbocycles. The van der Waals surface area contributed by atoms with Crippen molar-refractivity contribution in [2.45, 2.75) is 38.6 Å². The van der Waals surface area contributed by atoms with Gasteiger partial charge in [-0.25, -0.2) is 4.98 Å². The van der Waals surface area contributed by atoms with Crippen LogP contribution in [0.1, 0.15) is 47.7 Å². The van der Waals surface area contributed by atoms with Crippen LogP contribution in [-0.2, 0) is 10.0 Å². The largest absolute Gasteiger partial charge is 0.295 e. The van der Waals surface area contributed by atoms with Gasteiger partial charge < -0.3 is 0 Å². The molecule has 0 aliphatic heterocycles. The molecule has 0 saturated heterocycles. The van der Waals surface area contributed by atoms with Crippen LogP contribution in [0.5, 0.6) is 0 Å². The van der Waals surface area contributed by atoms with Gasteiger partial charge in [-0.2, -0.15) is 18.0 Å². The summed E-state index contributed by atoms with van der Waals surface area (Å²) in [5.41, 5.74) is 1.14. The van der Waals surface area contributed by atoms with E-state index in [-0.39, 0.29) is 16.7 Å². The van der Waals surface area contributed by atoms with Crippen LogP contribution < -0.4 is 4.72 Å². The van der Waals surface area contributed by atoms with E-state index in [1.807, 2.05) is 13.8 Å². The summed E-state index contributed by atoms with van der Waals surface area (Å²) in [6.07, 6.45) is 0. The van der Waals surface area contributed by atoms with Gasteiger partial charge in [-0.05, 0) is 26.0 Å². The Morgan fingerprint density at radius 2 is 2.04 bits per heavy atom. The maximum absolute atomic E-state index is 12.9. The number of ketones is 1. The molecule has 0 aliphatic carbocycles. The number of sulfonamides is 1. The Morgan fingerprint density at radius 3 is 2.68 bits per heavy atom. The number of aryl methyl sites for hydroxylation is 1. The lowest BCUT2D eigenvalue weighted by Gasteiger charge is -2.08. The summed E-state index contributed by atoms with van der Waals surface area (Å²) in [6.45, 7) is 7.05. The number of carbonyl (C=O) groups excluding carboxylic acids is 1. The fourth-order valence-electron chi connectivity index (χ4n) is 2.39. The summed E-state index contributed by atoms with van der Waals surface area (Å²) in [7, 11) is -3.90. The number of hydrogen-bond donors (Lipinski definition) is 1. The molecule has 132 valence electrons. The summed E-state index contributed by atoms with van der Waals surface area (Å²) in [5.74, 6) is 0.0489. The maximum atomic E-state index is 12.9. The van der Waals surface area contributed by atoms with Gasteiger partial charge >= 0.3 is 0 Å². The third-order valence-electron chi connectivity index (χ3n) is 3.61. The lowest BCUT2D eigenvalue weighted by Crippen LogP contribution is -2.17. The molecule has 3 aromatic rings. The van der Waals surface area contributed by atoms with E-state index >= 15 is 0 Å². The van der Waals surface area contributed by atoms with Crippen LogP contribution in [0, 0.1) is 6.92 Å². The molecule has 0 atom stereocenters. The first-order valence-electron chi connectivity index (χ1n) is 7.69. The number of fused-ring (bicyclic) bond motifs is 1. The zero-order valence-electron chi connectivity index (χ0n) is 14.3. The van der Waals surface area contributed by atoms with Crippen LogP contribution in [0.15, 0.2) is 29.3 Å². The van der Waals surface area contributed by atoms with Crippen molar-refractivity contribution in [2.24, 2.45) is 0 Å². The number of aromatic nitrogens is 3. The molecule has 7 nitrogen and oxygen atoms in total. The van der Waals surface area contributed by atoms with Crippen molar-refractivity contribution in [2.75, 3.05) is 4.72 Å². The first-order chi connectivity index (χ1) is 11.7. The van der Waals surface area contributed by atoms with E-state index in [4.69, 9.17) is 0 Å². The van der Waals surface area contributed by atoms with Crippen LogP contribution in [0.25, 0.3) is 4.96 Å². The fraction of sp³-hybridized carbons (Fsp3) is 0.312. The van der Waals surface area contributed by atoms with Crippen LogP contribution in [0.3, 0.4) is 0 Å². The smallest absolute Gasteiger partial charge is 0.281 e. The Kier molecular flexibility index (Phi) is 4.38. The number of benzene rings is 1. The fourth-order valence-corrected chi connectivity index (χ4v) is 4.72. The predicted octanol–water partition coefficient (Wildman–Crippen LogP) is 3.23. The van der Waals surface area contributed by atoms with E-state index in [9.17, 15) is 13.2 Å². The second-order valence-corrected chi connectivity index (χ2v) is 8.62. The highest BCUT2D eigenvalue weighted by atomic mass is 32.2. The van der Waals surface area contributed by atoms with Crippen molar-refractivity contribution in [3.63, 3.8) is 0 Å². The molecule has 0 fully saturated rings. The Morgan fingerprint density at radius 1 is 1.32 bits per heavy atom. The molecular weight excluding hydrogens is 360 g/mol. The normalized spacial score (nSPS) is 12.0. The molecular formula is C16H18N4O3S2. The number of rotatable bonds is 5. The van der Waals surface area contributed by atoms with Crippen molar-refractivity contribution in [1.82, 2.24) is 14.6 Å². The Bertz CT molecular complexity index is 1060. The highest BCUT2D eigenvalue weighted by Gasteiger charge is 2.26. The second-order valence-electron chi connectivity index (χ2n) is 6.03. The zero-order chi connectivity index (χ0) is 18.4. The standard InChI is InChI=1S/C16H18N4O3S2/c1-9(2)14-18-20-15(10(3)17-16(20)24-14)25(22,23)19-13-7-5-6-12(8-13)11(4)21/h5-9,19H,1-4H3. The minimum Gasteiger partial charge on any atom is -0.295 e. The van der Waals surface area contributed by atoms with E-state index in [0.717, 1.165) is 5.01 Å². The van der Waals surface area contributed by atoms with Crippen LogP contribution >= 0.6 is 11.3 Å². The first kappa shape index (κ1) is 17.6. The number of anilines is 1.